The van der Waals surface area contributed by atoms with Crippen LogP contribution in [0.4, 0.5) is 0 Å². The van der Waals surface area contributed by atoms with Gasteiger partial charge in [0.15, 0.2) is 0 Å². The van der Waals surface area contributed by atoms with Crippen LogP contribution in [-0.4, -0.2) is 49.1 Å². The molecule has 1 aliphatic heterocycles. The van der Waals surface area contributed by atoms with E-state index in [0.717, 1.165) is 0 Å². The van der Waals surface area contributed by atoms with E-state index in [-0.39, 0.29) is 5.82 Å². The molecule has 2 N–H and O–H groups in total. The van der Waals surface area contributed by atoms with Crippen LogP contribution in [0.2, 0.25) is 0 Å². The fourth-order valence-electron chi connectivity index (χ4n) is 2.07. The average Bonchev–Trinajstić information content (AvgIpc) is 2.85. The Morgan fingerprint density at radius 3 is 2.76 bits per heavy atom. The minimum absolute atomic E-state index is 0.0249. The van der Waals surface area contributed by atoms with Crippen molar-refractivity contribution in [1.29, 1.82) is 0 Å². The van der Waals surface area contributed by atoms with Crippen LogP contribution in [-0.2, 0) is 4.79 Å². The molecule has 1 aromatic heterocycles. The van der Waals surface area contributed by atoms with Crippen LogP contribution < -0.4 is 0 Å². The first-order valence-electron chi connectivity index (χ1n) is 5.39. The first kappa shape index (κ1) is 11.6. The molecule has 92 valence electrons. The zero-order chi connectivity index (χ0) is 12.6. The van der Waals surface area contributed by atoms with Gasteiger partial charge in [-0.1, -0.05) is 0 Å². The number of amides is 1. The molecule has 0 radical (unpaired) electrons. The first-order valence-corrected chi connectivity index (χ1v) is 5.39. The van der Waals surface area contributed by atoms with Gasteiger partial charge in [-0.2, -0.15) is 0 Å². The van der Waals surface area contributed by atoms with Crippen molar-refractivity contribution >= 4 is 11.9 Å². The second-order valence-electron chi connectivity index (χ2n) is 4.38. The van der Waals surface area contributed by atoms with Crippen LogP contribution in [0.5, 0.6) is 0 Å². The van der Waals surface area contributed by atoms with Crippen molar-refractivity contribution in [2.24, 2.45) is 0 Å². The summed E-state index contributed by atoms with van der Waals surface area (Å²) in [4.78, 5) is 28.6. The van der Waals surface area contributed by atoms with Gasteiger partial charge in [-0.05, 0) is 26.7 Å². The van der Waals surface area contributed by atoms with Crippen molar-refractivity contribution in [2.45, 2.75) is 32.2 Å². The quantitative estimate of drug-likeness (QED) is 0.766. The molecule has 7 nitrogen and oxygen atoms in total. The molecule has 2 rings (SSSR count). The number of aliphatic carboxylic acids is 1. The zero-order valence-electron chi connectivity index (χ0n) is 9.73. The average molecular weight is 238 g/mol. The minimum atomic E-state index is -1.15. The van der Waals surface area contributed by atoms with Crippen molar-refractivity contribution in [3.63, 3.8) is 0 Å². The van der Waals surface area contributed by atoms with E-state index >= 15 is 0 Å². The molecular formula is C10H14N4O3. The number of carbonyl (C=O) groups excluding carboxylic acids is 1. The number of rotatable bonds is 2. The molecule has 0 spiro atoms. The van der Waals surface area contributed by atoms with E-state index in [0.29, 0.717) is 25.2 Å². The molecule has 0 bridgehead atoms. The molecule has 17 heavy (non-hydrogen) atoms. The Morgan fingerprint density at radius 1 is 1.53 bits per heavy atom. The number of nitrogens with one attached hydrogen (secondary N) is 1. The molecule has 7 heteroatoms. The Morgan fingerprint density at radius 2 is 2.24 bits per heavy atom. The molecule has 1 atom stereocenters. The van der Waals surface area contributed by atoms with Crippen molar-refractivity contribution in [2.75, 3.05) is 6.54 Å². The molecule has 1 saturated heterocycles. The van der Waals surface area contributed by atoms with Crippen LogP contribution in [0.1, 0.15) is 36.2 Å². The molecular weight excluding hydrogens is 224 g/mol. The summed E-state index contributed by atoms with van der Waals surface area (Å²) in [6.45, 7) is 3.67. The zero-order valence-corrected chi connectivity index (χ0v) is 9.73. The highest BCUT2D eigenvalue weighted by molar-refractivity contribution is 5.95. The number of nitrogens with zero attached hydrogens (tertiary/aromatic N) is 3. The van der Waals surface area contributed by atoms with Gasteiger partial charge in [-0.3, -0.25) is 9.89 Å². The Hall–Kier alpha value is -1.92. The summed E-state index contributed by atoms with van der Waals surface area (Å²) in [7, 11) is 0. The van der Waals surface area contributed by atoms with Gasteiger partial charge >= 0.3 is 5.97 Å². The molecule has 1 aromatic rings. The van der Waals surface area contributed by atoms with Crippen LogP contribution >= 0.6 is 0 Å². The van der Waals surface area contributed by atoms with E-state index in [2.05, 4.69) is 15.2 Å². The minimum Gasteiger partial charge on any atom is -0.480 e. The second-order valence-corrected chi connectivity index (χ2v) is 4.38. The maximum atomic E-state index is 12.1. The second kappa shape index (κ2) is 3.83. The topological polar surface area (TPSA) is 99.2 Å². The molecule has 1 aliphatic rings. The van der Waals surface area contributed by atoms with Gasteiger partial charge in [0.25, 0.3) is 5.91 Å². The summed E-state index contributed by atoms with van der Waals surface area (Å²) in [6.07, 6.45) is 1.13. The Kier molecular flexibility index (Phi) is 2.60. The summed E-state index contributed by atoms with van der Waals surface area (Å²) in [5.74, 6) is -0.867. The monoisotopic (exact) mass is 238 g/mol. The van der Waals surface area contributed by atoms with Gasteiger partial charge in [-0.25, -0.2) is 9.78 Å². The molecule has 0 aromatic carbocycles. The number of hydrogen-bond donors (Lipinski definition) is 2. The van der Waals surface area contributed by atoms with Crippen LogP contribution in [0.3, 0.4) is 0 Å². The van der Waals surface area contributed by atoms with Crippen molar-refractivity contribution < 1.29 is 14.7 Å². The van der Waals surface area contributed by atoms with Gasteiger partial charge in [-0.15, -0.1) is 5.10 Å². The summed E-state index contributed by atoms with van der Waals surface area (Å²) < 4.78 is 0. The van der Waals surface area contributed by atoms with Crippen molar-refractivity contribution in [3.05, 3.63) is 11.6 Å². The van der Waals surface area contributed by atoms with E-state index in [1.165, 1.54) is 4.90 Å². The van der Waals surface area contributed by atoms with Crippen molar-refractivity contribution in [3.8, 4) is 0 Å². The van der Waals surface area contributed by atoms with E-state index in [1.54, 1.807) is 13.8 Å². The fraction of sp³-hybridized carbons (Fsp3) is 0.600. The van der Waals surface area contributed by atoms with Gasteiger partial charge in [0.2, 0.25) is 5.82 Å². The van der Waals surface area contributed by atoms with Crippen LogP contribution in [0, 0.1) is 6.92 Å². The summed E-state index contributed by atoms with van der Waals surface area (Å²) in [6, 6.07) is 0. The number of H-pyrrole nitrogens is 1. The number of aromatic amines is 1. The highest BCUT2D eigenvalue weighted by Crippen LogP contribution is 2.30. The highest BCUT2D eigenvalue weighted by atomic mass is 16.4. The molecule has 0 saturated carbocycles. The predicted octanol–water partition coefficient (Wildman–Crippen LogP) is 0.192. The lowest BCUT2D eigenvalue weighted by Gasteiger charge is -2.30. The third-order valence-corrected chi connectivity index (χ3v) is 3.14. The number of carboxylic acid groups (broad SMARTS) is 1. The third-order valence-electron chi connectivity index (χ3n) is 3.14. The number of carbonyl (C=O) groups is 2. The summed E-state index contributed by atoms with van der Waals surface area (Å²) in [5, 5.41) is 15.5. The van der Waals surface area contributed by atoms with Crippen LogP contribution in [0.15, 0.2) is 0 Å². The lowest BCUT2D eigenvalue weighted by atomic mass is 9.99. The SMILES string of the molecule is Cc1nc(C(=O)N2CCCC2(C)C(=O)O)n[nH]1. The molecule has 1 amide bonds. The molecule has 2 heterocycles. The number of hydrogen-bond acceptors (Lipinski definition) is 4. The Balaban J connectivity index is 2.28. The molecule has 0 aliphatic carbocycles. The van der Waals surface area contributed by atoms with E-state index in [4.69, 9.17) is 0 Å². The fourth-order valence-corrected chi connectivity index (χ4v) is 2.07. The molecule has 1 fully saturated rings. The number of aromatic nitrogens is 3. The van der Waals surface area contributed by atoms with E-state index in [9.17, 15) is 14.7 Å². The summed E-state index contributed by atoms with van der Waals surface area (Å²) >= 11 is 0. The standard InChI is InChI=1S/C10H14N4O3/c1-6-11-7(13-12-6)8(15)14-5-3-4-10(14,2)9(16)17/h3-5H2,1-2H3,(H,16,17)(H,11,12,13). The highest BCUT2D eigenvalue weighted by Gasteiger charge is 2.46. The first-order chi connectivity index (χ1) is 7.95. The van der Waals surface area contributed by atoms with Gasteiger partial charge in [0.1, 0.15) is 11.4 Å². The van der Waals surface area contributed by atoms with Gasteiger partial charge in [0, 0.05) is 6.54 Å². The van der Waals surface area contributed by atoms with Crippen molar-refractivity contribution in [1.82, 2.24) is 20.1 Å². The lowest BCUT2D eigenvalue weighted by Crippen LogP contribution is -2.51. The smallest absolute Gasteiger partial charge is 0.329 e. The number of aryl methyl sites for hydroxylation is 1. The summed E-state index contributed by atoms with van der Waals surface area (Å²) in [5.41, 5.74) is -1.15. The largest absolute Gasteiger partial charge is 0.480 e. The Labute approximate surface area is 97.8 Å². The Bertz CT molecular complexity index is 470. The van der Waals surface area contributed by atoms with E-state index in [1.807, 2.05) is 0 Å². The number of carboxylic acids is 1. The third kappa shape index (κ3) is 1.77. The van der Waals surface area contributed by atoms with Crippen LogP contribution in [0.25, 0.3) is 0 Å². The number of likely N-dealkylation sites (tertiary alicyclic amines) is 1. The predicted molar refractivity (Wildman–Crippen MR) is 57.4 cm³/mol. The normalized spacial score (nSPS) is 24.0. The van der Waals surface area contributed by atoms with Gasteiger partial charge in [0.05, 0.1) is 0 Å². The maximum Gasteiger partial charge on any atom is 0.329 e. The lowest BCUT2D eigenvalue weighted by molar-refractivity contribution is -0.147. The van der Waals surface area contributed by atoms with Gasteiger partial charge < -0.3 is 10.0 Å². The van der Waals surface area contributed by atoms with E-state index < -0.39 is 17.4 Å². The maximum absolute atomic E-state index is 12.1. The molecule has 1 unspecified atom stereocenters.